The van der Waals surface area contributed by atoms with E-state index in [1.54, 1.807) is 6.92 Å². The number of ether oxygens (including phenoxy) is 2. The molecule has 0 aromatic rings. The average Bonchev–Trinajstić information content (AvgIpc) is 2.16. The summed E-state index contributed by atoms with van der Waals surface area (Å²) in [5.41, 5.74) is 0. The van der Waals surface area contributed by atoms with Crippen molar-refractivity contribution in [2.24, 2.45) is 0 Å². The minimum Gasteiger partial charge on any atom is -0.450 e. The summed E-state index contributed by atoms with van der Waals surface area (Å²) in [6.07, 6.45) is -0.645. The maximum absolute atomic E-state index is 11.2. The van der Waals surface area contributed by atoms with Crippen LogP contribution in [0.2, 0.25) is 0 Å². The summed E-state index contributed by atoms with van der Waals surface area (Å²) >= 11 is 5.35. The number of methoxy groups -OCH3 is 1. The van der Waals surface area contributed by atoms with Gasteiger partial charge in [-0.2, -0.15) is 0 Å². The van der Waals surface area contributed by atoms with Gasteiger partial charge in [-0.1, -0.05) is 0 Å². The van der Waals surface area contributed by atoms with Crippen LogP contribution in [0.25, 0.3) is 0 Å². The highest BCUT2D eigenvalue weighted by Crippen LogP contribution is 1.92. The quantitative estimate of drug-likeness (QED) is 0.668. The van der Waals surface area contributed by atoms with Crippen molar-refractivity contribution in [2.45, 2.75) is 13.0 Å². The first-order valence-corrected chi connectivity index (χ1v) is 4.70. The van der Waals surface area contributed by atoms with E-state index in [1.807, 2.05) is 0 Å². The molecule has 1 amide bonds. The van der Waals surface area contributed by atoms with Gasteiger partial charge in [0.25, 0.3) is 0 Å². The Morgan fingerprint density at radius 3 is 2.57 bits per heavy atom. The first-order valence-electron chi connectivity index (χ1n) is 4.16. The molecule has 0 aliphatic rings. The molecule has 0 radical (unpaired) electrons. The Kier molecular flexibility index (Phi) is 7.14. The maximum Gasteiger partial charge on any atom is 0.407 e. The van der Waals surface area contributed by atoms with Gasteiger partial charge in [-0.05, 0) is 6.92 Å². The van der Waals surface area contributed by atoms with Gasteiger partial charge in [0.05, 0.1) is 19.1 Å². The van der Waals surface area contributed by atoms with Crippen LogP contribution in [0, 0.1) is 0 Å². The molecule has 0 bridgehead atoms. The van der Waals surface area contributed by atoms with Crippen LogP contribution in [0.4, 0.5) is 4.79 Å². The third kappa shape index (κ3) is 5.04. The van der Waals surface area contributed by atoms with E-state index in [9.17, 15) is 9.59 Å². The third-order valence-corrected chi connectivity index (χ3v) is 1.68. The van der Waals surface area contributed by atoms with Crippen molar-refractivity contribution in [3.05, 3.63) is 0 Å². The lowest BCUT2D eigenvalue weighted by molar-refractivity contribution is -0.119. The number of Topliss-reactive ketones (excluding diaryl/α,β-unsaturated/α-hetero) is 1. The van der Waals surface area contributed by atoms with Crippen LogP contribution in [0.15, 0.2) is 0 Å². The van der Waals surface area contributed by atoms with Gasteiger partial charge < -0.3 is 14.8 Å². The van der Waals surface area contributed by atoms with E-state index < -0.39 is 12.1 Å². The van der Waals surface area contributed by atoms with E-state index in [1.165, 1.54) is 7.11 Å². The number of ketones is 1. The summed E-state index contributed by atoms with van der Waals surface area (Å²) in [4.78, 5) is 22.1. The summed E-state index contributed by atoms with van der Waals surface area (Å²) in [6.45, 7) is 2.01. The van der Waals surface area contributed by atoms with Crippen LogP contribution in [-0.4, -0.2) is 44.1 Å². The van der Waals surface area contributed by atoms with Crippen molar-refractivity contribution in [3.8, 4) is 0 Å². The Morgan fingerprint density at radius 1 is 1.50 bits per heavy atom. The fourth-order valence-electron chi connectivity index (χ4n) is 0.790. The minimum absolute atomic E-state index is 0.0877. The first kappa shape index (κ1) is 13.2. The van der Waals surface area contributed by atoms with Crippen LogP contribution >= 0.6 is 11.6 Å². The lowest BCUT2D eigenvalue weighted by atomic mass is 10.2. The van der Waals surface area contributed by atoms with Crippen LogP contribution in [-0.2, 0) is 14.3 Å². The molecule has 0 aliphatic heterocycles. The fourth-order valence-corrected chi connectivity index (χ4v) is 0.976. The van der Waals surface area contributed by atoms with E-state index in [-0.39, 0.29) is 24.9 Å². The molecular formula is C8H14ClNO4. The SMILES string of the molecule is CCOC(=O)NC(COC)C(=O)CCl. The molecule has 0 spiro atoms. The predicted octanol–water partition coefficient (Wildman–Crippen LogP) is 0.555. The molecular weight excluding hydrogens is 210 g/mol. The zero-order valence-electron chi connectivity index (χ0n) is 8.21. The van der Waals surface area contributed by atoms with Crippen LogP contribution < -0.4 is 5.32 Å². The molecule has 0 aromatic heterocycles. The predicted molar refractivity (Wildman–Crippen MR) is 51.5 cm³/mol. The molecule has 5 nitrogen and oxygen atoms in total. The highest BCUT2D eigenvalue weighted by atomic mass is 35.5. The standard InChI is InChI=1S/C8H14ClNO4/c1-3-14-8(12)10-6(5-13-2)7(11)4-9/h6H,3-5H2,1-2H3,(H,10,12). The van der Waals surface area contributed by atoms with Crippen LogP contribution in [0.1, 0.15) is 6.92 Å². The summed E-state index contributed by atoms with van der Waals surface area (Å²) in [6, 6.07) is -0.739. The minimum atomic E-state index is -0.739. The number of nitrogens with one attached hydrogen (secondary N) is 1. The summed E-state index contributed by atoms with van der Waals surface area (Å²) in [5, 5.41) is 2.35. The number of hydrogen-bond acceptors (Lipinski definition) is 4. The summed E-state index contributed by atoms with van der Waals surface area (Å²) in [5.74, 6) is -0.470. The number of hydrogen-bond donors (Lipinski definition) is 1. The topological polar surface area (TPSA) is 64.6 Å². The molecule has 1 N–H and O–H groups in total. The number of alkyl carbamates (subject to hydrolysis) is 1. The molecule has 14 heavy (non-hydrogen) atoms. The molecule has 0 saturated carbocycles. The Labute approximate surface area is 87.7 Å². The molecule has 0 saturated heterocycles. The largest absolute Gasteiger partial charge is 0.450 e. The Morgan fingerprint density at radius 2 is 2.14 bits per heavy atom. The number of rotatable bonds is 6. The van der Waals surface area contributed by atoms with Crippen molar-refractivity contribution in [3.63, 3.8) is 0 Å². The van der Waals surface area contributed by atoms with Crippen molar-refractivity contribution >= 4 is 23.5 Å². The molecule has 0 aromatic carbocycles. The van der Waals surface area contributed by atoms with Gasteiger partial charge in [-0.25, -0.2) is 4.79 Å². The molecule has 0 aliphatic carbocycles. The van der Waals surface area contributed by atoms with Crippen molar-refractivity contribution in [1.29, 1.82) is 0 Å². The summed E-state index contributed by atoms with van der Waals surface area (Å²) in [7, 11) is 1.43. The number of halogens is 1. The Bertz CT molecular complexity index is 198. The van der Waals surface area contributed by atoms with E-state index in [0.717, 1.165) is 0 Å². The van der Waals surface area contributed by atoms with Crippen molar-refractivity contribution in [2.75, 3.05) is 26.2 Å². The van der Waals surface area contributed by atoms with E-state index >= 15 is 0 Å². The number of amides is 1. The van der Waals surface area contributed by atoms with Gasteiger partial charge in [0, 0.05) is 7.11 Å². The average molecular weight is 224 g/mol. The summed E-state index contributed by atoms with van der Waals surface area (Å²) < 4.78 is 9.37. The highest BCUT2D eigenvalue weighted by Gasteiger charge is 2.19. The van der Waals surface area contributed by atoms with Crippen LogP contribution in [0.3, 0.4) is 0 Å². The number of alkyl halides is 1. The second kappa shape index (κ2) is 7.58. The number of carbonyl (C=O) groups is 2. The normalized spacial score (nSPS) is 11.9. The highest BCUT2D eigenvalue weighted by molar-refractivity contribution is 6.28. The van der Waals surface area contributed by atoms with Crippen molar-refractivity contribution in [1.82, 2.24) is 5.32 Å². The van der Waals surface area contributed by atoms with Crippen molar-refractivity contribution < 1.29 is 19.1 Å². The van der Waals surface area contributed by atoms with Gasteiger partial charge in [0.1, 0.15) is 6.04 Å². The molecule has 1 atom stereocenters. The third-order valence-electron chi connectivity index (χ3n) is 1.42. The maximum atomic E-state index is 11.2. The Balaban J connectivity index is 4.08. The van der Waals surface area contributed by atoms with Gasteiger partial charge >= 0.3 is 6.09 Å². The van der Waals surface area contributed by atoms with Crippen LogP contribution in [0.5, 0.6) is 0 Å². The smallest absolute Gasteiger partial charge is 0.407 e. The molecule has 82 valence electrons. The number of carbonyl (C=O) groups excluding carboxylic acids is 2. The van der Waals surface area contributed by atoms with E-state index in [4.69, 9.17) is 16.3 Å². The van der Waals surface area contributed by atoms with Gasteiger partial charge in [-0.3, -0.25) is 4.79 Å². The molecule has 0 heterocycles. The fraction of sp³-hybridized carbons (Fsp3) is 0.750. The Hall–Kier alpha value is -0.810. The lowest BCUT2D eigenvalue weighted by Gasteiger charge is -2.14. The second-order valence-electron chi connectivity index (χ2n) is 2.47. The monoisotopic (exact) mass is 223 g/mol. The zero-order chi connectivity index (χ0) is 11.0. The van der Waals surface area contributed by atoms with Gasteiger partial charge in [0.15, 0.2) is 5.78 Å². The first-order chi connectivity index (χ1) is 6.65. The lowest BCUT2D eigenvalue weighted by Crippen LogP contribution is -2.44. The van der Waals surface area contributed by atoms with Gasteiger partial charge in [-0.15, -0.1) is 11.6 Å². The van der Waals surface area contributed by atoms with E-state index in [0.29, 0.717) is 0 Å². The molecule has 0 fully saturated rings. The zero-order valence-corrected chi connectivity index (χ0v) is 8.97. The van der Waals surface area contributed by atoms with E-state index in [2.05, 4.69) is 10.1 Å². The molecule has 1 unspecified atom stereocenters. The molecule has 0 rings (SSSR count). The molecule has 6 heteroatoms. The second-order valence-corrected chi connectivity index (χ2v) is 2.74. The van der Waals surface area contributed by atoms with Gasteiger partial charge in [0.2, 0.25) is 0 Å².